The number of rotatable bonds is 2. The third-order valence-electron chi connectivity index (χ3n) is 2.47. The summed E-state index contributed by atoms with van der Waals surface area (Å²) in [5.41, 5.74) is -0.460. The summed E-state index contributed by atoms with van der Waals surface area (Å²) in [6.07, 6.45) is 2.11. The molecule has 4 heteroatoms. The summed E-state index contributed by atoms with van der Waals surface area (Å²) in [7, 11) is 0. The summed E-state index contributed by atoms with van der Waals surface area (Å²) in [5.74, 6) is 0.308. The van der Waals surface area contributed by atoms with Crippen LogP contribution >= 0.6 is 0 Å². The zero-order chi connectivity index (χ0) is 11.5. The zero-order valence-electron chi connectivity index (χ0n) is 9.54. The van der Waals surface area contributed by atoms with Crippen molar-refractivity contribution in [2.45, 2.75) is 51.7 Å². The number of hydrogen-bond donors (Lipinski definition) is 1. The van der Waals surface area contributed by atoms with Crippen LogP contribution in [0.3, 0.4) is 0 Å². The maximum atomic E-state index is 11.4. The van der Waals surface area contributed by atoms with Gasteiger partial charge in [0.1, 0.15) is 5.60 Å². The number of carbonyl (C=O) groups excluding carboxylic acids is 1. The quantitative estimate of drug-likeness (QED) is 0.760. The van der Waals surface area contributed by atoms with Gasteiger partial charge in [0.05, 0.1) is 6.07 Å². The number of alkyl carbamates (subject to hydrolysis) is 1. The number of nitrogens with zero attached hydrogens (tertiary/aromatic N) is 1. The summed E-state index contributed by atoms with van der Waals surface area (Å²) < 4.78 is 5.14. The van der Waals surface area contributed by atoms with Gasteiger partial charge in [-0.15, -0.1) is 0 Å². The minimum atomic E-state index is -0.460. The second-order valence-electron chi connectivity index (χ2n) is 4.95. The summed E-state index contributed by atoms with van der Waals surface area (Å²) in [6.45, 7) is 5.50. The Morgan fingerprint density at radius 3 is 2.60 bits per heavy atom. The highest BCUT2D eigenvalue weighted by Gasteiger charge is 2.32. The molecule has 2 atom stereocenters. The lowest BCUT2D eigenvalue weighted by molar-refractivity contribution is 0.0439. The van der Waals surface area contributed by atoms with Crippen LogP contribution in [-0.2, 0) is 4.74 Å². The molecule has 0 aliphatic heterocycles. The van der Waals surface area contributed by atoms with Crippen molar-refractivity contribution < 1.29 is 9.53 Å². The fraction of sp³-hybridized carbons (Fsp3) is 0.818. The van der Waals surface area contributed by atoms with Gasteiger partial charge in [0, 0.05) is 12.5 Å². The second kappa shape index (κ2) is 4.52. The Bertz CT molecular complexity index is 275. The van der Waals surface area contributed by atoms with Crippen molar-refractivity contribution >= 4 is 6.09 Å². The molecule has 0 radical (unpaired) electrons. The molecule has 1 rings (SSSR count). The third kappa shape index (κ3) is 3.78. The van der Waals surface area contributed by atoms with Crippen molar-refractivity contribution in [1.82, 2.24) is 5.32 Å². The van der Waals surface area contributed by atoms with Gasteiger partial charge in [-0.05, 0) is 39.5 Å². The first kappa shape index (κ1) is 11.8. The van der Waals surface area contributed by atoms with Crippen molar-refractivity contribution in [3.8, 4) is 6.07 Å². The molecule has 0 unspecified atom stereocenters. The van der Waals surface area contributed by atoms with Crippen LogP contribution in [0.1, 0.15) is 40.0 Å². The molecule has 1 N–H and O–H groups in total. The van der Waals surface area contributed by atoms with E-state index < -0.39 is 5.60 Å². The van der Waals surface area contributed by atoms with Crippen LogP contribution in [0, 0.1) is 17.2 Å². The highest BCUT2D eigenvalue weighted by Crippen LogP contribution is 2.30. The maximum absolute atomic E-state index is 11.4. The number of amides is 1. The molecule has 0 heterocycles. The standard InChI is InChI=1S/C11H18N2O2/c1-11(2,3)15-10(14)13-9-5-4-8(9)6-7-12/h8-9H,4-6H2,1-3H3,(H,13,14)/t8-,9-/m1/s1. The zero-order valence-corrected chi connectivity index (χ0v) is 9.54. The van der Waals surface area contributed by atoms with E-state index in [1.807, 2.05) is 20.8 Å². The lowest BCUT2D eigenvalue weighted by Gasteiger charge is -2.36. The minimum Gasteiger partial charge on any atom is -0.444 e. The SMILES string of the molecule is CC(C)(C)OC(=O)N[C@@H]1CC[C@@H]1CC#N. The topological polar surface area (TPSA) is 62.1 Å². The van der Waals surface area contributed by atoms with E-state index in [0.29, 0.717) is 12.3 Å². The molecule has 1 aliphatic rings. The molecule has 1 aliphatic carbocycles. The maximum Gasteiger partial charge on any atom is 0.407 e. The first-order valence-electron chi connectivity index (χ1n) is 5.29. The molecule has 1 amide bonds. The summed E-state index contributed by atoms with van der Waals surface area (Å²) in [6, 6.07) is 2.25. The van der Waals surface area contributed by atoms with Crippen LogP contribution in [0.5, 0.6) is 0 Å². The van der Waals surface area contributed by atoms with Crippen LogP contribution in [0.2, 0.25) is 0 Å². The third-order valence-corrected chi connectivity index (χ3v) is 2.47. The van der Waals surface area contributed by atoms with E-state index in [9.17, 15) is 4.79 Å². The van der Waals surface area contributed by atoms with Crippen LogP contribution < -0.4 is 5.32 Å². The molecule has 0 aromatic rings. The van der Waals surface area contributed by atoms with Crippen molar-refractivity contribution in [2.24, 2.45) is 5.92 Å². The Morgan fingerprint density at radius 2 is 2.20 bits per heavy atom. The largest absolute Gasteiger partial charge is 0.444 e. The van der Waals surface area contributed by atoms with Gasteiger partial charge in [-0.25, -0.2) is 4.79 Å². The predicted octanol–water partition coefficient (Wildman–Crippen LogP) is 2.20. The summed E-state index contributed by atoms with van der Waals surface area (Å²) >= 11 is 0. The molecule has 0 aromatic carbocycles. The van der Waals surface area contributed by atoms with Gasteiger partial charge in [-0.3, -0.25) is 0 Å². The van der Waals surface area contributed by atoms with Gasteiger partial charge in [-0.1, -0.05) is 0 Å². The molecular formula is C11H18N2O2. The van der Waals surface area contributed by atoms with Crippen LogP contribution in [0.15, 0.2) is 0 Å². The number of nitrogens with one attached hydrogen (secondary N) is 1. The molecule has 15 heavy (non-hydrogen) atoms. The van der Waals surface area contributed by atoms with E-state index in [2.05, 4.69) is 11.4 Å². The van der Waals surface area contributed by atoms with E-state index in [4.69, 9.17) is 10.00 Å². The number of nitriles is 1. The smallest absolute Gasteiger partial charge is 0.407 e. The molecule has 1 saturated carbocycles. The first-order valence-corrected chi connectivity index (χ1v) is 5.29. The fourth-order valence-electron chi connectivity index (χ4n) is 1.58. The van der Waals surface area contributed by atoms with Gasteiger partial charge in [0.25, 0.3) is 0 Å². The molecule has 1 fully saturated rings. The molecule has 4 nitrogen and oxygen atoms in total. The first-order chi connectivity index (χ1) is 6.92. The predicted molar refractivity (Wildman–Crippen MR) is 56.1 cm³/mol. The van der Waals surface area contributed by atoms with Gasteiger partial charge in [0.2, 0.25) is 0 Å². The Balaban J connectivity index is 2.30. The number of carbonyl (C=O) groups is 1. The van der Waals surface area contributed by atoms with Gasteiger partial charge >= 0.3 is 6.09 Å². The van der Waals surface area contributed by atoms with Crippen molar-refractivity contribution in [3.05, 3.63) is 0 Å². The summed E-state index contributed by atoms with van der Waals surface area (Å²) in [4.78, 5) is 11.4. The van der Waals surface area contributed by atoms with Crippen molar-refractivity contribution in [1.29, 1.82) is 5.26 Å². The second-order valence-corrected chi connectivity index (χ2v) is 4.95. The number of ether oxygens (including phenoxy) is 1. The molecule has 0 saturated heterocycles. The fourth-order valence-corrected chi connectivity index (χ4v) is 1.58. The van der Waals surface area contributed by atoms with Crippen molar-refractivity contribution in [2.75, 3.05) is 0 Å². The highest BCUT2D eigenvalue weighted by atomic mass is 16.6. The van der Waals surface area contributed by atoms with Crippen LogP contribution in [0.25, 0.3) is 0 Å². The average Bonchev–Trinajstić information content (AvgIpc) is 2.06. The minimum absolute atomic E-state index is 0.125. The monoisotopic (exact) mass is 210 g/mol. The Hall–Kier alpha value is -1.24. The molecule has 0 spiro atoms. The highest BCUT2D eigenvalue weighted by molar-refractivity contribution is 5.68. The van der Waals surface area contributed by atoms with E-state index in [1.165, 1.54) is 0 Å². The number of hydrogen-bond acceptors (Lipinski definition) is 3. The van der Waals surface area contributed by atoms with E-state index >= 15 is 0 Å². The normalized spacial score (nSPS) is 24.9. The molecular weight excluding hydrogens is 192 g/mol. The lowest BCUT2D eigenvalue weighted by atomic mass is 9.78. The Labute approximate surface area is 90.6 Å². The van der Waals surface area contributed by atoms with E-state index in [-0.39, 0.29) is 12.1 Å². The van der Waals surface area contributed by atoms with E-state index in [1.54, 1.807) is 0 Å². The van der Waals surface area contributed by atoms with Gasteiger partial charge < -0.3 is 10.1 Å². The lowest BCUT2D eigenvalue weighted by Crippen LogP contribution is -2.48. The van der Waals surface area contributed by atoms with Crippen LogP contribution in [0.4, 0.5) is 4.79 Å². The average molecular weight is 210 g/mol. The van der Waals surface area contributed by atoms with Crippen LogP contribution in [-0.4, -0.2) is 17.7 Å². The van der Waals surface area contributed by atoms with Gasteiger partial charge in [-0.2, -0.15) is 5.26 Å². The Kier molecular flexibility index (Phi) is 3.57. The summed E-state index contributed by atoms with van der Waals surface area (Å²) in [5, 5.41) is 11.3. The molecule has 0 aromatic heterocycles. The van der Waals surface area contributed by atoms with Gasteiger partial charge in [0.15, 0.2) is 0 Å². The van der Waals surface area contributed by atoms with Crippen molar-refractivity contribution in [3.63, 3.8) is 0 Å². The molecule has 0 bridgehead atoms. The molecule has 84 valence electrons. The van der Waals surface area contributed by atoms with E-state index in [0.717, 1.165) is 12.8 Å². The Morgan fingerprint density at radius 1 is 1.53 bits per heavy atom.